The van der Waals surface area contributed by atoms with Crippen molar-refractivity contribution in [3.8, 4) is 5.75 Å². The Labute approximate surface area is 150 Å². The number of rotatable bonds is 8. The molecule has 1 atom stereocenters. The average molecular weight is 372 g/mol. The highest BCUT2D eigenvalue weighted by molar-refractivity contribution is 7.89. The lowest BCUT2D eigenvalue weighted by molar-refractivity contribution is 0.0883. The molecule has 7 nitrogen and oxygen atoms in total. The van der Waals surface area contributed by atoms with Crippen LogP contribution in [0, 0.1) is 5.92 Å². The average Bonchev–Trinajstić information content (AvgIpc) is 2.52. The monoisotopic (exact) mass is 371 g/mol. The standard InChI is InChI=1S/C17H29N3O4S/c1-11(2)17(5,10-18)19-16(21)13-7-8-14(24-6)15(9-13)25(22,23)20-12(3)4/h7-9,11-12,20H,10,18H2,1-6H3,(H,19,21). The summed E-state index contributed by atoms with van der Waals surface area (Å²) in [4.78, 5) is 12.5. The van der Waals surface area contributed by atoms with Crippen LogP contribution in [0.5, 0.6) is 5.75 Å². The number of amides is 1. The molecule has 1 aromatic carbocycles. The fraction of sp³-hybridized carbons (Fsp3) is 0.588. The second kappa shape index (κ2) is 8.16. The molecule has 1 amide bonds. The van der Waals surface area contributed by atoms with E-state index in [2.05, 4.69) is 10.0 Å². The van der Waals surface area contributed by atoms with Crippen molar-refractivity contribution in [1.82, 2.24) is 10.0 Å². The van der Waals surface area contributed by atoms with E-state index in [1.165, 1.54) is 25.3 Å². The van der Waals surface area contributed by atoms with Gasteiger partial charge in [0.2, 0.25) is 10.0 Å². The minimum atomic E-state index is -3.80. The van der Waals surface area contributed by atoms with Crippen LogP contribution < -0.4 is 20.5 Å². The number of sulfonamides is 1. The molecule has 0 spiro atoms. The SMILES string of the molecule is COc1ccc(C(=O)NC(C)(CN)C(C)C)cc1S(=O)(=O)NC(C)C. The molecule has 0 aromatic heterocycles. The molecule has 142 valence electrons. The van der Waals surface area contributed by atoms with Crippen LogP contribution in [-0.2, 0) is 10.0 Å². The Morgan fingerprint density at radius 2 is 1.88 bits per heavy atom. The van der Waals surface area contributed by atoms with Crippen molar-refractivity contribution in [1.29, 1.82) is 0 Å². The second-order valence-electron chi connectivity index (χ2n) is 6.87. The first-order valence-electron chi connectivity index (χ1n) is 8.19. The lowest BCUT2D eigenvalue weighted by atomic mass is 9.88. The van der Waals surface area contributed by atoms with Gasteiger partial charge in [-0.3, -0.25) is 4.79 Å². The lowest BCUT2D eigenvalue weighted by Gasteiger charge is -2.33. The van der Waals surface area contributed by atoms with Crippen LogP contribution >= 0.6 is 0 Å². The number of carbonyl (C=O) groups is 1. The van der Waals surface area contributed by atoms with E-state index < -0.39 is 15.6 Å². The molecule has 0 aliphatic rings. The summed E-state index contributed by atoms with van der Waals surface area (Å²) in [6, 6.07) is 4.03. The molecular formula is C17H29N3O4S. The van der Waals surface area contributed by atoms with E-state index in [-0.39, 0.29) is 40.6 Å². The Morgan fingerprint density at radius 1 is 1.28 bits per heavy atom. The summed E-state index contributed by atoms with van der Waals surface area (Å²) in [5, 5.41) is 2.90. The van der Waals surface area contributed by atoms with Crippen LogP contribution in [0.2, 0.25) is 0 Å². The Kier molecular flexibility index (Phi) is 6.99. The van der Waals surface area contributed by atoms with E-state index in [4.69, 9.17) is 10.5 Å². The van der Waals surface area contributed by atoms with E-state index in [9.17, 15) is 13.2 Å². The zero-order valence-corrected chi connectivity index (χ0v) is 16.5. The summed E-state index contributed by atoms with van der Waals surface area (Å²) >= 11 is 0. The first-order chi connectivity index (χ1) is 11.5. The number of carbonyl (C=O) groups excluding carboxylic acids is 1. The number of ether oxygens (including phenoxy) is 1. The Hall–Kier alpha value is -1.64. The summed E-state index contributed by atoms with van der Waals surface area (Å²) in [7, 11) is -2.42. The van der Waals surface area contributed by atoms with E-state index in [1.807, 2.05) is 20.8 Å². The van der Waals surface area contributed by atoms with Crippen LogP contribution in [0.4, 0.5) is 0 Å². The third-order valence-corrected chi connectivity index (χ3v) is 5.88. The van der Waals surface area contributed by atoms with Gasteiger partial charge >= 0.3 is 0 Å². The van der Waals surface area contributed by atoms with Gasteiger partial charge in [-0.25, -0.2) is 13.1 Å². The number of hydrogen-bond donors (Lipinski definition) is 3. The summed E-state index contributed by atoms with van der Waals surface area (Å²) in [6.45, 7) is 9.49. The zero-order valence-electron chi connectivity index (χ0n) is 15.7. The summed E-state index contributed by atoms with van der Waals surface area (Å²) in [5.41, 5.74) is 5.43. The van der Waals surface area contributed by atoms with Crippen molar-refractivity contribution in [2.24, 2.45) is 11.7 Å². The summed E-state index contributed by atoms with van der Waals surface area (Å²) in [5.74, 6) is -0.0917. The summed E-state index contributed by atoms with van der Waals surface area (Å²) < 4.78 is 32.6. The van der Waals surface area contributed by atoms with Gasteiger partial charge in [0, 0.05) is 18.2 Å². The van der Waals surface area contributed by atoms with Crippen LogP contribution in [-0.4, -0.2) is 39.6 Å². The summed E-state index contributed by atoms with van der Waals surface area (Å²) in [6.07, 6.45) is 0. The fourth-order valence-electron chi connectivity index (χ4n) is 2.16. The van der Waals surface area contributed by atoms with Crippen molar-refractivity contribution in [2.75, 3.05) is 13.7 Å². The second-order valence-corrected chi connectivity index (χ2v) is 8.55. The van der Waals surface area contributed by atoms with Crippen LogP contribution in [0.15, 0.2) is 23.1 Å². The quantitative estimate of drug-likeness (QED) is 0.641. The van der Waals surface area contributed by atoms with Gasteiger partial charge in [0.15, 0.2) is 0 Å². The fourth-order valence-corrected chi connectivity index (χ4v) is 3.61. The van der Waals surface area contributed by atoms with E-state index >= 15 is 0 Å². The van der Waals surface area contributed by atoms with Gasteiger partial charge in [0.1, 0.15) is 10.6 Å². The largest absolute Gasteiger partial charge is 0.495 e. The maximum atomic E-state index is 12.6. The molecule has 0 saturated carbocycles. The van der Waals surface area contributed by atoms with Crippen LogP contribution in [0.25, 0.3) is 0 Å². The number of benzene rings is 1. The van der Waals surface area contributed by atoms with Gasteiger partial charge in [-0.05, 0) is 44.9 Å². The number of methoxy groups -OCH3 is 1. The highest BCUT2D eigenvalue weighted by Crippen LogP contribution is 2.26. The van der Waals surface area contributed by atoms with Gasteiger partial charge in [0.05, 0.1) is 12.6 Å². The van der Waals surface area contributed by atoms with Crippen LogP contribution in [0.3, 0.4) is 0 Å². The van der Waals surface area contributed by atoms with Gasteiger partial charge in [0.25, 0.3) is 5.91 Å². The molecule has 1 unspecified atom stereocenters. The molecule has 0 aliphatic heterocycles. The smallest absolute Gasteiger partial charge is 0.251 e. The Balaban J connectivity index is 3.27. The molecule has 4 N–H and O–H groups in total. The molecule has 0 bridgehead atoms. The molecule has 0 aliphatic carbocycles. The van der Waals surface area contributed by atoms with Crippen molar-refractivity contribution < 1.29 is 17.9 Å². The zero-order chi connectivity index (χ0) is 19.4. The lowest BCUT2D eigenvalue weighted by Crippen LogP contribution is -2.55. The van der Waals surface area contributed by atoms with Gasteiger partial charge in [-0.2, -0.15) is 0 Å². The first kappa shape index (κ1) is 21.4. The van der Waals surface area contributed by atoms with E-state index in [1.54, 1.807) is 13.8 Å². The predicted octanol–water partition coefficient (Wildman–Crippen LogP) is 1.49. The van der Waals surface area contributed by atoms with Crippen molar-refractivity contribution in [3.05, 3.63) is 23.8 Å². The minimum absolute atomic E-state index is 0.0738. The molecule has 1 aromatic rings. The first-order valence-corrected chi connectivity index (χ1v) is 9.68. The van der Waals surface area contributed by atoms with Gasteiger partial charge in [-0.15, -0.1) is 0 Å². The minimum Gasteiger partial charge on any atom is -0.495 e. The topological polar surface area (TPSA) is 111 Å². The third kappa shape index (κ3) is 5.17. The van der Waals surface area contributed by atoms with Crippen LogP contribution in [0.1, 0.15) is 45.0 Å². The number of nitrogens with two attached hydrogens (primary N) is 1. The maximum absolute atomic E-state index is 12.6. The Bertz CT molecular complexity index is 717. The molecule has 25 heavy (non-hydrogen) atoms. The highest BCUT2D eigenvalue weighted by Gasteiger charge is 2.30. The molecule has 0 radical (unpaired) electrons. The molecule has 8 heteroatoms. The van der Waals surface area contributed by atoms with Gasteiger partial charge < -0.3 is 15.8 Å². The molecule has 1 rings (SSSR count). The number of nitrogens with one attached hydrogen (secondary N) is 2. The van der Waals surface area contributed by atoms with Crippen molar-refractivity contribution >= 4 is 15.9 Å². The maximum Gasteiger partial charge on any atom is 0.251 e. The Morgan fingerprint density at radius 3 is 2.32 bits per heavy atom. The van der Waals surface area contributed by atoms with E-state index in [0.29, 0.717) is 0 Å². The van der Waals surface area contributed by atoms with E-state index in [0.717, 1.165) is 0 Å². The molecular weight excluding hydrogens is 342 g/mol. The number of hydrogen-bond acceptors (Lipinski definition) is 5. The molecule has 0 fully saturated rings. The highest BCUT2D eigenvalue weighted by atomic mass is 32.2. The molecule has 0 heterocycles. The predicted molar refractivity (Wildman–Crippen MR) is 98.2 cm³/mol. The van der Waals surface area contributed by atoms with Gasteiger partial charge in [-0.1, -0.05) is 13.8 Å². The van der Waals surface area contributed by atoms with Crippen molar-refractivity contribution in [2.45, 2.75) is 51.1 Å². The normalized spacial score (nSPS) is 14.4. The van der Waals surface area contributed by atoms with Crippen molar-refractivity contribution in [3.63, 3.8) is 0 Å². The molecule has 0 saturated heterocycles. The third-order valence-electron chi connectivity index (χ3n) is 4.20.